The Kier molecular flexibility index (Phi) is 7.56. The van der Waals surface area contributed by atoms with E-state index >= 15 is 0 Å². The Hall–Kier alpha value is -0.380. The van der Waals surface area contributed by atoms with Gasteiger partial charge < -0.3 is 15.2 Å². The first-order valence-corrected chi connectivity index (χ1v) is 7.27. The molecule has 0 aliphatic carbocycles. The maximum atomic E-state index is 6.19. The molecule has 0 aromatic rings. The topological polar surface area (TPSA) is 44.5 Å². The highest BCUT2D eigenvalue weighted by molar-refractivity contribution is 5.01. The van der Waals surface area contributed by atoms with Crippen LogP contribution in [0.15, 0.2) is 12.2 Å². The van der Waals surface area contributed by atoms with E-state index in [4.69, 9.17) is 15.2 Å². The summed E-state index contributed by atoms with van der Waals surface area (Å²) in [5.74, 6) is 0.374. The van der Waals surface area contributed by atoms with Crippen LogP contribution in [0.5, 0.6) is 0 Å². The largest absolute Gasteiger partial charge is 0.379 e. The fraction of sp³-hybridized carbons (Fsp3) is 0.867. The molecule has 4 atom stereocenters. The van der Waals surface area contributed by atoms with Gasteiger partial charge in [0.2, 0.25) is 0 Å². The van der Waals surface area contributed by atoms with Crippen LogP contribution < -0.4 is 5.73 Å². The minimum absolute atomic E-state index is 0.0114. The second-order valence-corrected chi connectivity index (χ2v) is 5.33. The van der Waals surface area contributed by atoms with Gasteiger partial charge in [-0.1, -0.05) is 45.3 Å². The van der Waals surface area contributed by atoms with Crippen LogP contribution in [0.3, 0.4) is 0 Å². The molecule has 1 saturated heterocycles. The van der Waals surface area contributed by atoms with E-state index in [9.17, 15) is 0 Å². The van der Waals surface area contributed by atoms with E-state index < -0.39 is 0 Å². The Morgan fingerprint density at radius 1 is 1.33 bits per heavy atom. The Morgan fingerprint density at radius 3 is 2.78 bits per heavy atom. The number of allylic oxidation sites excluding steroid dienone is 1. The Labute approximate surface area is 112 Å². The van der Waals surface area contributed by atoms with E-state index in [0.717, 1.165) is 13.0 Å². The molecule has 0 radical (unpaired) electrons. The molecule has 1 aliphatic heterocycles. The first-order chi connectivity index (χ1) is 8.70. The molecule has 0 bridgehead atoms. The van der Waals surface area contributed by atoms with Crippen LogP contribution in [0.2, 0.25) is 0 Å². The lowest BCUT2D eigenvalue weighted by atomic mass is 9.91. The summed E-state index contributed by atoms with van der Waals surface area (Å²) in [5, 5.41) is 0. The van der Waals surface area contributed by atoms with Gasteiger partial charge in [0, 0.05) is 13.0 Å². The molecule has 0 unspecified atom stereocenters. The second kappa shape index (κ2) is 8.68. The number of unbranched alkanes of at least 4 members (excludes halogenated alkanes) is 4. The molecule has 106 valence electrons. The van der Waals surface area contributed by atoms with Crippen molar-refractivity contribution >= 4 is 0 Å². The first-order valence-electron chi connectivity index (χ1n) is 7.27. The van der Waals surface area contributed by atoms with Crippen LogP contribution >= 0.6 is 0 Å². The predicted octanol–water partition coefficient (Wildman–Crippen LogP) is 2.89. The van der Waals surface area contributed by atoms with Crippen LogP contribution in [0.1, 0.15) is 46.0 Å². The van der Waals surface area contributed by atoms with Crippen molar-refractivity contribution in [3.8, 4) is 0 Å². The fourth-order valence-corrected chi connectivity index (χ4v) is 2.53. The van der Waals surface area contributed by atoms with Crippen LogP contribution in [0.4, 0.5) is 0 Å². The van der Waals surface area contributed by atoms with Crippen LogP contribution in [-0.2, 0) is 9.47 Å². The predicted molar refractivity (Wildman–Crippen MR) is 75.6 cm³/mol. The monoisotopic (exact) mass is 255 g/mol. The molecule has 1 heterocycles. The third kappa shape index (κ3) is 4.71. The molecule has 0 aromatic carbocycles. The fourth-order valence-electron chi connectivity index (χ4n) is 2.53. The van der Waals surface area contributed by atoms with E-state index in [0.29, 0.717) is 5.92 Å². The van der Waals surface area contributed by atoms with Crippen molar-refractivity contribution < 1.29 is 9.47 Å². The van der Waals surface area contributed by atoms with Crippen molar-refractivity contribution in [1.29, 1.82) is 0 Å². The molecule has 3 heteroatoms. The lowest BCUT2D eigenvalue weighted by Gasteiger charge is -2.37. The van der Waals surface area contributed by atoms with Gasteiger partial charge in [-0.15, -0.1) is 0 Å². The summed E-state index contributed by atoms with van der Waals surface area (Å²) in [5.41, 5.74) is 6.19. The van der Waals surface area contributed by atoms with Gasteiger partial charge in [0.1, 0.15) is 0 Å². The highest BCUT2D eigenvalue weighted by atomic mass is 16.5. The van der Waals surface area contributed by atoms with Crippen molar-refractivity contribution in [2.75, 3.05) is 13.7 Å². The first kappa shape index (κ1) is 15.7. The van der Waals surface area contributed by atoms with Gasteiger partial charge in [-0.2, -0.15) is 0 Å². The molecule has 1 aliphatic rings. The lowest BCUT2D eigenvalue weighted by molar-refractivity contribution is -0.0899. The van der Waals surface area contributed by atoms with Gasteiger partial charge in [0.25, 0.3) is 0 Å². The second-order valence-electron chi connectivity index (χ2n) is 5.33. The van der Waals surface area contributed by atoms with Crippen LogP contribution in [0.25, 0.3) is 0 Å². The number of ether oxygens (including phenoxy) is 2. The normalized spacial score (nSPS) is 33.1. The summed E-state index contributed by atoms with van der Waals surface area (Å²) in [6, 6.07) is -0.0503. The standard InChI is InChI=1S/C15H29NO2/c1-4-5-6-7-8-9-10-13-14(16)15(17-3)12(2)11-18-13/h9-10,12-15H,4-8,11,16H2,1-3H3/t12-,13-,14-,15-/m0/s1. The molecule has 0 amide bonds. The molecule has 0 saturated carbocycles. The van der Waals surface area contributed by atoms with Crippen LogP contribution in [-0.4, -0.2) is 32.0 Å². The molecular weight excluding hydrogens is 226 g/mol. The van der Waals surface area contributed by atoms with Gasteiger partial charge in [0.15, 0.2) is 0 Å². The Morgan fingerprint density at radius 2 is 2.11 bits per heavy atom. The molecule has 1 fully saturated rings. The number of hydrogen-bond acceptors (Lipinski definition) is 3. The molecule has 0 spiro atoms. The van der Waals surface area contributed by atoms with Crippen molar-refractivity contribution in [3.05, 3.63) is 12.2 Å². The highest BCUT2D eigenvalue weighted by Crippen LogP contribution is 2.22. The summed E-state index contributed by atoms with van der Waals surface area (Å²) >= 11 is 0. The van der Waals surface area contributed by atoms with E-state index in [-0.39, 0.29) is 18.2 Å². The average molecular weight is 255 g/mol. The van der Waals surface area contributed by atoms with E-state index in [1.165, 1.54) is 25.7 Å². The summed E-state index contributed by atoms with van der Waals surface area (Å²) in [7, 11) is 1.73. The molecule has 3 nitrogen and oxygen atoms in total. The highest BCUT2D eigenvalue weighted by Gasteiger charge is 2.34. The van der Waals surface area contributed by atoms with E-state index in [1.54, 1.807) is 7.11 Å². The maximum absolute atomic E-state index is 6.19. The van der Waals surface area contributed by atoms with E-state index in [2.05, 4.69) is 26.0 Å². The third-order valence-corrected chi connectivity index (χ3v) is 3.69. The Bertz CT molecular complexity index is 243. The van der Waals surface area contributed by atoms with Crippen molar-refractivity contribution in [3.63, 3.8) is 0 Å². The van der Waals surface area contributed by atoms with Crippen molar-refractivity contribution in [1.82, 2.24) is 0 Å². The molecule has 2 N–H and O–H groups in total. The SMILES string of the molecule is CCCCCCC=C[C@@H]1OC[C@H](C)[C@H](OC)[C@H]1N. The Balaban J connectivity index is 2.30. The zero-order chi connectivity index (χ0) is 13.4. The van der Waals surface area contributed by atoms with Gasteiger partial charge in [-0.25, -0.2) is 0 Å². The summed E-state index contributed by atoms with van der Waals surface area (Å²) in [6.45, 7) is 5.09. The number of methoxy groups -OCH3 is 1. The molecular formula is C15H29NO2. The number of hydrogen-bond donors (Lipinski definition) is 1. The minimum Gasteiger partial charge on any atom is -0.379 e. The van der Waals surface area contributed by atoms with Gasteiger partial charge in [0.05, 0.1) is 24.9 Å². The molecule has 0 aromatic heterocycles. The van der Waals surface area contributed by atoms with Gasteiger partial charge in [-0.05, 0) is 12.8 Å². The summed E-state index contributed by atoms with van der Waals surface area (Å²) in [6.07, 6.45) is 10.8. The average Bonchev–Trinajstić information content (AvgIpc) is 2.36. The zero-order valence-electron chi connectivity index (χ0n) is 12.1. The molecule has 1 rings (SSSR count). The van der Waals surface area contributed by atoms with Gasteiger partial charge in [-0.3, -0.25) is 0 Å². The number of nitrogens with two attached hydrogens (primary N) is 1. The summed E-state index contributed by atoms with van der Waals surface area (Å²) < 4.78 is 11.2. The zero-order valence-corrected chi connectivity index (χ0v) is 12.1. The molecule has 18 heavy (non-hydrogen) atoms. The lowest BCUT2D eigenvalue weighted by Crippen LogP contribution is -2.54. The minimum atomic E-state index is -0.0503. The van der Waals surface area contributed by atoms with Crippen molar-refractivity contribution in [2.24, 2.45) is 11.7 Å². The van der Waals surface area contributed by atoms with Crippen molar-refractivity contribution in [2.45, 2.75) is 64.2 Å². The smallest absolute Gasteiger partial charge is 0.0932 e. The van der Waals surface area contributed by atoms with E-state index in [1.807, 2.05) is 0 Å². The summed E-state index contributed by atoms with van der Waals surface area (Å²) in [4.78, 5) is 0. The number of rotatable bonds is 7. The van der Waals surface area contributed by atoms with Crippen LogP contribution in [0, 0.1) is 5.92 Å². The third-order valence-electron chi connectivity index (χ3n) is 3.69. The van der Waals surface area contributed by atoms with Gasteiger partial charge >= 0.3 is 0 Å². The quantitative estimate of drug-likeness (QED) is 0.562. The maximum Gasteiger partial charge on any atom is 0.0932 e.